The minimum atomic E-state index is -0.265. The highest BCUT2D eigenvalue weighted by Gasteiger charge is 2.09. The topological polar surface area (TPSA) is 38.9 Å². The van der Waals surface area contributed by atoms with Crippen LogP contribution >= 0.6 is 27.3 Å². The lowest BCUT2D eigenvalue weighted by Crippen LogP contribution is -2.02. The zero-order chi connectivity index (χ0) is 11.5. The van der Waals surface area contributed by atoms with Crippen molar-refractivity contribution in [2.24, 2.45) is 5.73 Å². The summed E-state index contributed by atoms with van der Waals surface area (Å²) in [5.41, 5.74) is 6.65. The van der Waals surface area contributed by atoms with Crippen molar-refractivity contribution >= 4 is 27.3 Å². The maximum atomic E-state index is 13.6. The summed E-state index contributed by atoms with van der Waals surface area (Å²) in [6.07, 6.45) is 0.739. The first-order chi connectivity index (χ1) is 7.70. The normalized spacial score (nSPS) is 10.7. The third kappa shape index (κ3) is 2.48. The molecule has 2 nitrogen and oxygen atoms in total. The Morgan fingerprint density at radius 3 is 2.94 bits per heavy atom. The molecule has 2 aromatic rings. The second-order valence-electron chi connectivity index (χ2n) is 3.29. The Morgan fingerprint density at radius 2 is 2.25 bits per heavy atom. The maximum Gasteiger partial charge on any atom is 0.133 e. The van der Waals surface area contributed by atoms with E-state index < -0.39 is 0 Å². The van der Waals surface area contributed by atoms with Crippen LogP contribution in [0.1, 0.15) is 5.01 Å². The van der Waals surface area contributed by atoms with E-state index in [2.05, 4.69) is 20.9 Å². The Kier molecular flexibility index (Phi) is 3.68. The van der Waals surface area contributed by atoms with Crippen LogP contribution < -0.4 is 5.73 Å². The van der Waals surface area contributed by atoms with Crippen LogP contribution in [0.5, 0.6) is 0 Å². The number of nitrogens with two attached hydrogens (primary N) is 1. The van der Waals surface area contributed by atoms with Crippen LogP contribution in [-0.4, -0.2) is 11.5 Å². The standard InChI is InChI=1S/C11H10BrFN2S/c12-7-1-2-8(9(13)5-7)10-6-16-11(15-10)3-4-14/h1-2,5-6H,3-4,14H2. The predicted molar refractivity (Wildman–Crippen MR) is 68.0 cm³/mol. The fourth-order valence-corrected chi connectivity index (χ4v) is 2.52. The van der Waals surface area contributed by atoms with Gasteiger partial charge in [0.1, 0.15) is 5.82 Å². The van der Waals surface area contributed by atoms with Crippen LogP contribution in [-0.2, 0) is 6.42 Å². The van der Waals surface area contributed by atoms with Crippen molar-refractivity contribution in [2.45, 2.75) is 6.42 Å². The lowest BCUT2D eigenvalue weighted by molar-refractivity contribution is 0.630. The van der Waals surface area contributed by atoms with Crippen molar-refractivity contribution < 1.29 is 4.39 Å². The molecule has 2 N–H and O–H groups in total. The highest BCUT2D eigenvalue weighted by molar-refractivity contribution is 9.10. The van der Waals surface area contributed by atoms with Crippen molar-refractivity contribution in [3.05, 3.63) is 38.9 Å². The average Bonchev–Trinajstić information content (AvgIpc) is 2.67. The number of benzene rings is 1. The van der Waals surface area contributed by atoms with Crippen LogP contribution in [0.25, 0.3) is 11.3 Å². The number of hydrogen-bond donors (Lipinski definition) is 1. The molecular formula is C11H10BrFN2S. The summed E-state index contributed by atoms with van der Waals surface area (Å²) in [7, 11) is 0. The summed E-state index contributed by atoms with van der Waals surface area (Å²) >= 11 is 4.74. The Bertz CT molecular complexity index is 498. The number of thiazole rings is 1. The van der Waals surface area contributed by atoms with E-state index in [9.17, 15) is 4.39 Å². The van der Waals surface area contributed by atoms with Crippen LogP contribution in [0.2, 0.25) is 0 Å². The molecule has 0 aliphatic carbocycles. The molecule has 0 amide bonds. The Balaban J connectivity index is 2.35. The first-order valence-electron chi connectivity index (χ1n) is 4.80. The number of halogens is 2. The molecule has 1 aromatic heterocycles. The number of nitrogens with zero attached hydrogens (tertiary/aromatic N) is 1. The lowest BCUT2D eigenvalue weighted by atomic mass is 10.1. The third-order valence-electron chi connectivity index (χ3n) is 2.12. The molecule has 0 atom stereocenters. The van der Waals surface area contributed by atoms with Gasteiger partial charge in [0.15, 0.2) is 0 Å². The Hall–Kier alpha value is -0.780. The molecule has 0 radical (unpaired) electrons. The van der Waals surface area contributed by atoms with Gasteiger partial charge in [0.05, 0.1) is 10.7 Å². The summed E-state index contributed by atoms with van der Waals surface area (Å²) in [5, 5.41) is 2.80. The van der Waals surface area contributed by atoms with E-state index >= 15 is 0 Å². The highest BCUT2D eigenvalue weighted by atomic mass is 79.9. The average molecular weight is 301 g/mol. The first kappa shape index (κ1) is 11.7. The van der Waals surface area contributed by atoms with Gasteiger partial charge in [0.2, 0.25) is 0 Å². The zero-order valence-electron chi connectivity index (χ0n) is 8.41. The Labute approximate surface area is 105 Å². The SMILES string of the molecule is NCCc1nc(-c2ccc(Br)cc2F)cs1. The van der Waals surface area contributed by atoms with Crippen LogP contribution in [0.4, 0.5) is 4.39 Å². The van der Waals surface area contributed by atoms with Gasteiger partial charge in [-0.05, 0) is 24.7 Å². The minimum Gasteiger partial charge on any atom is -0.330 e. The predicted octanol–water partition coefficient (Wildman–Crippen LogP) is 3.21. The van der Waals surface area contributed by atoms with Gasteiger partial charge in [-0.3, -0.25) is 0 Å². The van der Waals surface area contributed by atoms with Crippen molar-refractivity contribution in [1.82, 2.24) is 4.98 Å². The fraction of sp³-hybridized carbons (Fsp3) is 0.182. The van der Waals surface area contributed by atoms with Gasteiger partial charge in [-0.1, -0.05) is 15.9 Å². The molecule has 5 heteroatoms. The zero-order valence-corrected chi connectivity index (χ0v) is 10.8. The first-order valence-corrected chi connectivity index (χ1v) is 6.48. The molecule has 1 heterocycles. The van der Waals surface area contributed by atoms with Gasteiger partial charge in [0, 0.05) is 21.8 Å². The molecule has 0 unspecified atom stereocenters. The summed E-state index contributed by atoms with van der Waals surface area (Å²) in [6.45, 7) is 0.565. The minimum absolute atomic E-state index is 0.265. The van der Waals surface area contributed by atoms with E-state index in [0.717, 1.165) is 15.9 Å². The monoisotopic (exact) mass is 300 g/mol. The molecule has 0 aliphatic heterocycles. The fourth-order valence-electron chi connectivity index (χ4n) is 1.37. The number of hydrogen-bond acceptors (Lipinski definition) is 3. The van der Waals surface area contributed by atoms with Crippen LogP contribution in [0, 0.1) is 5.82 Å². The van der Waals surface area contributed by atoms with E-state index in [-0.39, 0.29) is 5.82 Å². The van der Waals surface area contributed by atoms with E-state index in [1.54, 1.807) is 12.1 Å². The van der Waals surface area contributed by atoms with Gasteiger partial charge >= 0.3 is 0 Å². The maximum absolute atomic E-state index is 13.6. The van der Waals surface area contributed by atoms with Gasteiger partial charge in [-0.15, -0.1) is 11.3 Å². The van der Waals surface area contributed by atoms with E-state index in [1.807, 2.05) is 5.38 Å². The lowest BCUT2D eigenvalue weighted by Gasteiger charge is -1.99. The quantitative estimate of drug-likeness (QED) is 0.945. The smallest absolute Gasteiger partial charge is 0.133 e. The van der Waals surface area contributed by atoms with Crippen molar-refractivity contribution in [1.29, 1.82) is 0 Å². The molecule has 0 spiro atoms. The number of aromatic nitrogens is 1. The molecule has 0 fully saturated rings. The van der Waals surface area contributed by atoms with Crippen molar-refractivity contribution in [2.75, 3.05) is 6.54 Å². The molecule has 2 rings (SSSR count). The van der Waals surface area contributed by atoms with Gasteiger partial charge < -0.3 is 5.73 Å². The second kappa shape index (κ2) is 5.03. The van der Waals surface area contributed by atoms with Crippen molar-refractivity contribution in [3.63, 3.8) is 0 Å². The molecular weight excluding hydrogens is 291 g/mol. The highest BCUT2D eigenvalue weighted by Crippen LogP contribution is 2.26. The molecule has 0 saturated carbocycles. The summed E-state index contributed by atoms with van der Waals surface area (Å²) in [6, 6.07) is 4.97. The Morgan fingerprint density at radius 1 is 1.44 bits per heavy atom. The molecule has 0 aliphatic rings. The van der Waals surface area contributed by atoms with E-state index in [1.165, 1.54) is 17.4 Å². The van der Waals surface area contributed by atoms with Crippen LogP contribution in [0.3, 0.4) is 0 Å². The number of rotatable bonds is 3. The molecule has 0 bridgehead atoms. The van der Waals surface area contributed by atoms with Gasteiger partial charge in [0.25, 0.3) is 0 Å². The van der Waals surface area contributed by atoms with Crippen molar-refractivity contribution in [3.8, 4) is 11.3 Å². The molecule has 84 valence electrons. The van der Waals surface area contributed by atoms with Gasteiger partial charge in [-0.2, -0.15) is 0 Å². The largest absolute Gasteiger partial charge is 0.330 e. The van der Waals surface area contributed by atoms with E-state index in [0.29, 0.717) is 17.8 Å². The van der Waals surface area contributed by atoms with E-state index in [4.69, 9.17) is 5.73 Å². The van der Waals surface area contributed by atoms with Crippen LogP contribution in [0.15, 0.2) is 28.1 Å². The molecule has 0 saturated heterocycles. The molecule has 1 aromatic carbocycles. The second-order valence-corrected chi connectivity index (χ2v) is 5.15. The summed E-state index contributed by atoms with van der Waals surface area (Å²) in [5.74, 6) is -0.265. The summed E-state index contributed by atoms with van der Waals surface area (Å²) < 4.78 is 14.4. The van der Waals surface area contributed by atoms with Gasteiger partial charge in [-0.25, -0.2) is 9.37 Å². The molecule has 16 heavy (non-hydrogen) atoms. The summed E-state index contributed by atoms with van der Waals surface area (Å²) in [4.78, 5) is 4.34. The third-order valence-corrected chi connectivity index (χ3v) is 3.52.